The van der Waals surface area contributed by atoms with Gasteiger partial charge in [-0.3, -0.25) is 0 Å². The minimum Gasteiger partial charge on any atom is -0.327 e. The summed E-state index contributed by atoms with van der Waals surface area (Å²) in [6, 6.07) is 39.0. The quantitative estimate of drug-likeness (QED) is 0.388. The maximum atomic E-state index is 6.25. The van der Waals surface area contributed by atoms with Gasteiger partial charge in [0.15, 0.2) is 8.07 Å². The lowest BCUT2D eigenvalue weighted by Gasteiger charge is -2.37. The first kappa shape index (κ1) is 19.3. The molecule has 0 amide bonds. The summed E-state index contributed by atoms with van der Waals surface area (Å²) >= 11 is 0. The SMILES string of the molecule is NCc1ccccc1[Si](c1ccccc1)(c1ccccc1)c1ccccc1CN. The van der Waals surface area contributed by atoms with Crippen molar-refractivity contribution in [1.82, 2.24) is 0 Å². The van der Waals surface area contributed by atoms with Crippen LogP contribution in [0.25, 0.3) is 0 Å². The summed E-state index contributed by atoms with van der Waals surface area (Å²) < 4.78 is 0. The smallest absolute Gasteiger partial charge is 0.180 e. The summed E-state index contributed by atoms with van der Waals surface area (Å²) in [6.07, 6.45) is 0. The Morgan fingerprint density at radius 1 is 0.448 bits per heavy atom. The van der Waals surface area contributed by atoms with Crippen LogP contribution in [-0.2, 0) is 13.1 Å². The third-order valence-corrected chi connectivity index (χ3v) is 10.7. The van der Waals surface area contributed by atoms with Gasteiger partial charge in [-0.2, -0.15) is 0 Å². The van der Waals surface area contributed by atoms with Crippen molar-refractivity contribution in [1.29, 1.82) is 0 Å². The number of hydrogen-bond acceptors (Lipinski definition) is 2. The highest BCUT2D eigenvalue weighted by Gasteiger charge is 2.43. The molecule has 2 nitrogen and oxygen atoms in total. The van der Waals surface area contributed by atoms with E-state index in [0.29, 0.717) is 13.1 Å². The zero-order valence-corrected chi connectivity index (χ0v) is 17.5. The van der Waals surface area contributed by atoms with Crippen molar-refractivity contribution in [3.05, 3.63) is 120 Å². The first-order valence-corrected chi connectivity index (χ1v) is 12.0. The van der Waals surface area contributed by atoms with Gasteiger partial charge < -0.3 is 11.5 Å². The van der Waals surface area contributed by atoms with Gasteiger partial charge in [0.25, 0.3) is 0 Å². The Morgan fingerprint density at radius 3 is 1.17 bits per heavy atom. The normalized spacial score (nSPS) is 11.4. The van der Waals surface area contributed by atoms with E-state index in [1.807, 2.05) is 0 Å². The van der Waals surface area contributed by atoms with Crippen molar-refractivity contribution in [3.63, 3.8) is 0 Å². The van der Waals surface area contributed by atoms with E-state index < -0.39 is 8.07 Å². The summed E-state index contributed by atoms with van der Waals surface area (Å²) in [5.41, 5.74) is 14.9. The van der Waals surface area contributed by atoms with E-state index in [4.69, 9.17) is 11.5 Å². The molecule has 0 aliphatic rings. The number of nitrogens with two attached hydrogens (primary N) is 2. The molecule has 0 fully saturated rings. The van der Waals surface area contributed by atoms with E-state index in [9.17, 15) is 0 Å². The van der Waals surface area contributed by atoms with Crippen molar-refractivity contribution in [2.45, 2.75) is 13.1 Å². The highest BCUT2D eigenvalue weighted by atomic mass is 28.3. The summed E-state index contributed by atoms with van der Waals surface area (Å²) in [6.45, 7) is 1.02. The molecule has 0 saturated carbocycles. The van der Waals surface area contributed by atoms with E-state index in [2.05, 4.69) is 109 Å². The molecule has 0 unspecified atom stereocenters. The van der Waals surface area contributed by atoms with Crippen LogP contribution in [0, 0.1) is 0 Å². The molecule has 0 aliphatic carbocycles. The lowest BCUT2D eigenvalue weighted by atomic mass is 10.2. The molecule has 0 atom stereocenters. The van der Waals surface area contributed by atoms with Crippen molar-refractivity contribution >= 4 is 28.8 Å². The molecule has 4 aromatic rings. The average molecular weight is 395 g/mol. The van der Waals surface area contributed by atoms with Crippen LogP contribution in [0.4, 0.5) is 0 Å². The number of rotatable bonds is 6. The fourth-order valence-corrected chi connectivity index (χ4v) is 9.72. The van der Waals surface area contributed by atoms with E-state index in [1.54, 1.807) is 0 Å². The average Bonchev–Trinajstić information content (AvgIpc) is 2.82. The fraction of sp³-hybridized carbons (Fsp3) is 0.0769. The minimum absolute atomic E-state index is 0.509. The Bertz CT molecular complexity index is 989. The highest BCUT2D eigenvalue weighted by molar-refractivity contribution is 7.20. The first-order chi connectivity index (χ1) is 14.3. The van der Waals surface area contributed by atoms with Gasteiger partial charge >= 0.3 is 0 Å². The lowest BCUT2D eigenvalue weighted by molar-refractivity contribution is 1.08. The fourth-order valence-electron chi connectivity index (χ4n) is 4.44. The second-order valence-electron chi connectivity index (χ2n) is 7.20. The molecule has 4 rings (SSSR count). The van der Waals surface area contributed by atoms with Gasteiger partial charge in [0.1, 0.15) is 0 Å². The molecule has 0 aromatic heterocycles. The van der Waals surface area contributed by atoms with Crippen molar-refractivity contribution in [3.8, 4) is 0 Å². The number of hydrogen-bond donors (Lipinski definition) is 2. The van der Waals surface area contributed by atoms with Crippen LogP contribution in [0.1, 0.15) is 11.1 Å². The molecule has 29 heavy (non-hydrogen) atoms. The van der Waals surface area contributed by atoms with Gasteiger partial charge in [-0.15, -0.1) is 0 Å². The standard InChI is InChI=1S/C26H26N2Si/c27-19-21-11-7-9-17-25(21)29(23-13-3-1-4-14-23,24-15-5-2-6-16-24)26-18-10-8-12-22(26)20-28/h1-18H,19-20,27-28H2. The van der Waals surface area contributed by atoms with E-state index in [0.717, 1.165) is 0 Å². The molecular weight excluding hydrogens is 368 g/mol. The Hall–Kier alpha value is -2.98. The molecule has 0 bridgehead atoms. The summed E-state index contributed by atoms with van der Waals surface area (Å²) in [5, 5.41) is 5.35. The lowest BCUT2D eigenvalue weighted by Crippen LogP contribution is -2.76. The van der Waals surface area contributed by atoms with Gasteiger partial charge in [0.05, 0.1) is 0 Å². The Balaban J connectivity index is 2.21. The van der Waals surface area contributed by atoms with Gasteiger partial charge in [0, 0.05) is 13.1 Å². The maximum absolute atomic E-state index is 6.25. The third-order valence-electron chi connectivity index (χ3n) is 5.70. The Morgan fingerprint density at radius 2 is 0.793 bits per heavy atom. The molecule has 3 heteroatoms. The minimum atomic E-state index is -2.59. The molecule has 0 radical (unpaired) electrons. The van der Waals surface area contributed by atoms with E-state index in [1.165, 1.54) is 31.9 Å². The molecular formula is C26H26N2Si. The molecule has 4 aromatic carbocycles. The first-order valence-electron chi connectivity index (χ1n) is 10.00. The summed E-state index contributed by atoms with van der Waals surface area (Å²) in [7, 11) is -2.59. The molecule has 4 N–H and O–H groups in total. The highest BCUT2D eigenvalue weighted by Crippen LogP contribution is 2.14. The van der Waals surface area contributed by atoms with E-state index >= 15 is 0 Å². The topological polar surface area (TPSA) is 52.0 Å². The molecule has 144 valence electrons. The van der Waals surface area contributed by atoms with Gasteiger partial charge in [-0.25, -0.2) is 0 Å². The second kappa shape index (κ2) is 8.58. The summed E-state index contributed by atoms with van der Waals surface area (Å²) in [4.78, 5) is 0. The Labute approximate surface area is 173 Å². The molecule has 0 saturated heterocycles. The van der Waals surface area contributed by atoms with Crippen LogP contribution in [0.2, 0.25) is 0 Å². The Kier molecular flexibility index (Phi) is 5.72. The predicted molar refractivity (Wildman–Crippen MR) is 126 cm³/mol. The second-order valence-corrected chi connectivity index (χ2v) is 10.9. The molecule has 0 heterocycles. The summed E-state index contributed by atoms with van der Waals surface area (Å²) in [5.74, 6) is 0. The third kappa shape index (κ3) is 3.34. The van der Waals surface area contributed by atoms with Gasteiger partial charge in [-0.1, -0.05) is 109 Å². The van der Waals surface area contributed by atoms with Crippen LogP contribution in [-0.4, -0.2) is 8.07 Å². The van der Waals surface area contributed by atoms with Crippen LogP contribution in [0.15, 0.2) is 109 Å². The molecule has 0 aliphatic heterocycles. The predicted octanol–water partition coefficient (Wildman–Crippen LogP) is 1.98. The van der Waals surface area contributed by atoms with Crippen molar-refractivity contribution in [2.24, 2.45) is 11.5 Å². The van der Waals surface area contributed by atoms with Gasteiger partial charge in [0.2, 0.25) is 0 Å². The molecule has 0 spiro atoms. The zero-order valence-electron chi connectivity index (χ0n) is 16.5. The van der Waals surface area contributed by atoms with Crippen molar-refractivity contribution in [2.75, 3.05) is 0 Å². The van der Waals surface area contributed by atoms with Crippen LogP contribution in [0.3, 0.4) is 0 Å². The zero-order chi connectivity index (χ0) is 20.1. The van der Waals surface area contributed by atoms with Crippen LogP contribution < -0.4 is 32.2 Å². The maximum Gasteiger partial charge on any atom is 0.180 e. The van der Waals surface area contributed by atoms with Crippen molar-refractivity contribution < 1.29 is 0 Å². The van der Waals surface area contributed by atoms with E-state index in [-0.39, 0.29) is 0 Å². The number of benzene rings is 4. The van der Waals surface area contributed by atoms with Crippen LogP contribution >= 0.6 is 0 Å². The van der Waals surface area contributed by atoms with Gasteiger partial charge in [-0.05, 0) is 31.9 Å². The monoisotopic (exact) mass is 394 g/mol. The van der Waals surface area contributed by atoms with Crippen LogP contribution in [0.5, 0.6) is 0 Å². The largest absolute Gasteiger partial charge is 0.327 e.